The van der Waals surface area contributed by atoms with E-state index in [2.05, 4.69) is 36.1 Å². The van der Waals surface area contributed by atoms with Gasteiger partial charge in [-0.1, -0.05) is 61.3 Å². The minimum absolute atomic E-state index is 0.873. The van der Waals surface area contributed by atoms with Gasteiger partial charge >= 0.3 is 0 Å². The lowest BCUT2D eigenvalue weighted by molar-refractivity contribution is 0.611. The van der Waals surface area contributed by atoms with Crippen molar-refractivity contribution in [2.45, 2.75) is 55.8 Å². The molecule has 1 atom stereocenters. The third-order valence-electron chi connectivity index (χ3n) is 2.05. The van der Waals surface area contributed by atoms with Crippen molar-refractivity contribution in [3.8, 4) is 0 Å². The lowest BCUT2D eigenvalue weighted by Gasteiger charge is -2.07. The Bertz CT molecular complexity index is 99.2. The molecule has 0 bridgehead atoms. The normalized spacial score (nSPS) is 12.8. The van der Waals surface area contributed by atoms with Crippen LogP contribution in [0.5, 0.6) is 0 Å². The van der Waals surface area contributed by atoms with Gasteiger partial charge in [-0.15, -0.1) is 6.58 Å². The van der Waals surface area contributed by atoms with Crippen LogP contribution in [0.3, 0.4) is 0 Å². The minimum Gasteiger partial charge on any atom is -0.103 e. The monoisotopic (exact) mass is 280 g/mol. The maximum Gasteiger partial charge on any atom is 0.0113 e. The third kappa shape index (κ3) is 8.57. The lowest BCUT2D eigenvalue weighted by Crippen LogP contribution is -1.96. The topological polar surface area (TPSA) is 0 Å². The van der Waals surface area contributed by atoms with E-state index >= 15 is 0 Å². The molecule has 0 spiro atoms. The molecule has 1 heteroatoms. The van der Waals surface area contributed by atoms with Gasteiger partial charge in [0.1, 0.15) is 0 Å². The zero-order chi connectivity index (χ0) is 9.23. The zero-order valence-corrected chi connectivity index (χ0v) is 10.3. The molecule has 0 aliphatic rings. The fourth-order valence-electron chi connectivity index (χ4n) is 1.24. The average Bonchev–Trinajstić information content (AvgIpc) is 2.09. The van der Waals surface area contributed by atoms with Crippen molar-refractivity contribution in [1.29, 1.82) is 0 Å². The summed E-state index contributed by atoms with van der Waals surface area (Å²) >= 11 is 2.57. The Balaban J connectivity index is 3.07. The van der Waals surface area contributed by atoms with E-state index in [9.17, 15) is 0 Å². The van der Waals surface area contributed by atoms with Crippen LogP contribution in [0.25, 0.3) is 0 Å². The summed E-state index contributed by atoms with van der Waals surface area (Å²) in [5.74, 6) is 0. The Kier molecular flexibility index (Phi) is 9.93. The summed E-state index contributed by atoms with van der Waals surface area (Å²) in [4.78, 5) is 0. The summed E-state index contributed by atoms with van der Waals surface area (Å²) in [5.41, 5.74) is 0. The molecule has 0 aliphatic heterocycles. The predicted octanol–water partition coefficient (Wildman–Crippen LogP) is 4.73. The number of hydrogen-bond donors (Lipinski definition) is 0. The number of allylic oxidation sites excluding steroid dienone is 1. The highest BCUT2D eigenvalue weighted by Crippen LogP contribution is 2.17. The highest BCUT2D eigenvalue weighted by atomic mass is 127. The van der Waals surface area contributed by atoms with Crippen LogP contribution < -0.4 is 0 Å². The van der Waals surface area contributed by atoms with Crippen molar-refractivity contribution in [3.05, 3.63) is 12.7 Å². The van der Waals surface area contributed by atoms with Gasteiger partial charge in [0.2, 0.25) is 0 Å². The molecule has 0 amide bonds. The van der Waals surface area contributed by atoms with E-state index in [1.165, 1.54) is 44.9 Å². The predicted molar refractivity (Wildman–Crippen MR) is 66.0 cm³/mol. The second-order valence-electron chi connectivity index (χ2n) is 3.31. The quantitative estimate of drug-likeness (QED) is 0.261. The second-order valence-corrected chi connectivity index (χ2v) is 5.07. The molecule has 0 fully saturated rings. The van der Waals surface area contributed by atoms with Gasteiger partial charge in [0, 0.05) is 3.92 Å². The van der Waals surface area contributed by atoms with E-state index in [-0.39, 0.29) is 0 Å². The molecule has 0 rings (SSSR count). The maximum absolute atomic E-state index is 3.74. The molecule has 0 aliphatic carbocycles. The van der Waals surface area contributed by atoms with Crippen molar-refractivity contribution < 1.29 is 0 Å². The maximum atomic E-state index is 3.74. The highest BCUT2D eigenvalue weighted by molar-refractivity contribution is 14.1. The Morgan fingerprint density at radius 1 is 1.25 bits per heavy atom. The van der Waals surface area contributed by atoms with Gasteiger partial charge in [-0.25, -0.2) is 0 Å². The molecule has 0 nitrogen and oxygen atoms in total. The summed E-state index contributed by atoms with van der Waals surface area (Å²) in [6.45, 7) is 6.00. The van der Waals surface area contributed by atoms with Crippen LogP contribution in [0.2, 0.25) is 0 Å². The van der Waals surface area contributed by atoms with Crippen LogP contribution in [-0.2, 0) is 0 Å². The fraction of sp³-hybridized carbons (Fsp3) is 0.818. The third-order valence-corrected chi connectivity index (χ3v) is 3.30. The lowest BCUT2D eigenvalue weighted by atomic mass is 10.1. The van der Waals surface area contributed by atoms with Crippen LogP contribution in [-0.4, -0.2) is 3.92 Å². The van der Waals surface area contributed by atoms with Gasteiger partial charge in [-0.2, -0.15) is 0 Å². The van der Waals surface area contributed by atoms with Gasteiger partial charge in [-0.3, -0.25) is 0 Å². The highest BCUT2D eigenvalue weighted by Gasteiger charge is 2.01. The second kappa shape index (κ2) is 9.56. The number of alkyl halides is 1. The van der Waals surface area contributed by atoms with Crippen molar-refractivity contribution in [2.24, 2.45) is 0 Å². The molecule has 0 aromatic carbocycles. The summed E-state index contributed by atoms with van der Waals surface area (Å²) < 4.78 is 0.873. The number of halogens is 1. The summed E-state index contributed by atoms with van der Waals surface area (Å²) in [6, 6.07) is 0. The van der Waals surface area contributed by atoms with E-state index in [0.717, 1.165) is 3.92 Å². The van der Waals surface area contributed by atoms with E-state index in [4.69, 9.17) is 0 Å². The van der Waals surface area contributed by atoms with E-state index in [1.807, 2.05) is 6.08 Å². The standard InChI is InChI=1S/C11H21I/c1-3-5-7-8-10-11(12)9-6-4-2/h4,11H,2-3,5-10H2,1H3. The number of rotatable bonds is 8. The molecule has 0 N–H and O–H groups in total. The Labute approximate surface area is 91.0 Å². The summed E-state index contributed by atoms with van der Waals surface area (Å²) in [7, 11) is 0. The number of unbranched alkanes of at least 4 members (excludes halogenated alkanes) is 3. The van der Waals surface area contributed by atoms with Crippen LogP contribution >= 0.6 is 22.6 Å². The van der Waals surface area contributed by atoms with Gasteiger partial charge in [0.05, 0.1) is 0 Å². The van der Waals surface area contributed by atoms with Crippen molar-refractivity contribution in [2.75, 3.05) is 0 Å². The van der Waals surface area contributed by atoms with Gasteiger partial charge in [0.15, 0.2) is 0 Å². The molecule has 0 saturated heterocycles. The van der Waals surface area contributed by atoms with Crippen molar-refractivity contribution in [3.63, 3.8) is 0 Å². The molecule has 72 valence electrons. The Morgan fingerprint density at radius 2 is 2.00 bits per heavy atom. The zero-order valence-electron chi connectivity index (χ0n) is 8.19. The summed E-state index contributed by atoms with van der Waals surface area (Å²) in [6.07, 6.45) is 11.5. The summed E-state index contributed by atoms with van der Waals surface area (Å²) in [5, 5.41) is 0. The smallest absolute Gasteiger partial charge is 0.0113 e. The Hall–Kier alpha value is 0.470. The van der Waals surface area contributed by atoms with Gasteiger partial charge in [0.25, 0.3) is 0 Å². The molecule has 0 aromatic rings. The van der Waals surface area contributed by atoms with Crippen LogP contribution in [0, 0.1) is 0 Å². The molecule has 0 aromatic heterocycles. The first-order valence-corrected chi connectivity index (χ1v) is 6.30. The first-order valence-electron chi connectivity index (χ1n) is 5.06. The number of hydrogen-bond acceptors (Lipinski definition) is 0. The first kappa shape index (κ1) is 12.5. The van der Waals surface area contributed by atoms with E-state index < -0.39 is 0 Å². The van der Waals surface area contributed by atoms with E-state index in [0.29, 0.717) is 0 Å². The molecular weight excluding hydrogens is 259 g/mol. The van der Waals surface area contributed by atoms with Crippen LogP contribution in [0.15, 0.2) is 12.7 Å². The molecule has 1 unspecified atom stereocenters. The van der Waals surface area contributed by atoms with Gasteiger partial charge < -0.3 is 0 Å². The Morgan fingerprint density at radius 3 is 2.58 bits per heavy atom. The molecule has 12 heavy (non-hydrogen) atoms. The fourth-order valence-corrected chi connectivity index (χ4v) is 2.04. The average molecular weight is 280 g/mol. The first-order chi connectivity index (χ1) is 5.81. The molecule has 0 saturated carbocycles. The minimum atomic E-state index is 0.873. The van der Waals surface area contributed by atoms with Crippen LogP contribution in [0.1, 0.15) is 51.9 Å². The van der Waals surface area contributed by atoms with Gasteiger partial charge in [-0.05, 0) is 19.3 Å². The van der Waals surface area contributed by atoms with Crippen LogP contribution in [0.4, 0.5) is 0 Å². The van der Waals surface area contributed by atoms with E-state index in [1.54, 1.807) is 0 Å². The molecular formula is C11H21I. The van der Waals surface area contributed by atoms with Crippen molar-refractivity contribution in [1.82, 2.24) is 0 Å². The van der Waals surface area contributed by atoms with Crippen molar-refractivity contribution >= 4 is 22.6 Å². The largest absolute Gasteiger partial charge is 0.103 e. The molecule has 0 heterocycles. The SMILES string of the molecule is C=CCCC(I)CCCCCC. The molecule has 0 radical (unpaired) electrons.